The molecule has 0 bridgehead atoms. The molecule has 14 heavy (non-hydrogen) atoms. The van der Waals surface area contributed by atoms with Crippen LogP contribution in [-0.2, 0) is 9.36 Å². The Hall–Kier alpha value is -0.890. The highest BCUT2D eigenvalue weighted by molar-refractivity contribution is 7.60. The fourth-order valence-corrected chi connectivity index (χ4v) is 1.24. The van der Waals surface area contributed by atoms with E-state index in [4.69, 9.17) is 16.3 Å². The van der Waals surface area contributed by atoms with E-state index >= 15 is 0 Å². The predicted octanol–water partition coefficient (Wildman–Crippen LogP) is -0.239. The summed E-state index contributed by atoms with van der Waals surface area (Å²) in [6, 6.07) is 1.71. The molecule has 0 radical (unpaired) electrons. The van der Waals surface area contributed by atoms with Gasteiger partial charge in [-0.15, -0.1) is 0 Å². The van der Waals surface area contributed by atoms with Crippen molar-refractivity contribution in [2.45, 2.75) is 19.5 Å². The minimum atomic E-state index is -3.44. The molecular weight excluding hydrogens is 203 g/mol. The fraction of sp³-hybridized carbons (Fsp3) is 0.714. The third kappa shape index (κ3) is 4.38. The molecule has 80 valence electrons. The average molecular weight is 218 g/mol. The number of nitrogens with two attached hydrogens (primary N) is 2. The number of nitrogens with one attached hydrogen (secondary N) is 1. The Labute approximate surface area is 83.1 Å². The number of carbonyl (C=O) groups is 1. The molecule has 0 aromatic heterocycles. The van der Waals surface area contributed by atoms with Crippen LogP contribution in [0.1, 0.15) is 13.8 Å². The highest BCUT2D eigenvalue weighted by Gasteiger charge is 2.25. The van der Waals surface area contributed by atoms with Crippen LogP contribution in [0.5, 0.6) is 0 Å². The molecule has 0 aliphatic heterocycles. The lowest BCUT2D eigenvalue weighted by Crippen LogP contribution is -2.36. The molecule has 1 amide bonds. The zero-order valence-electron chi connectivity index (χ0n) is 8.23. The highest BCUT2D eigenvalue weighted by Crippen LogP contribution is 2.31. The minimum absolute atomic E-state index is 0.0716. The summed E-state index contributed by atoms with van der Waals surface area (Å²) in [7, 11) is -3.44. The van der Waals surface area contributed by atoms with Crippen LogP contribution >= 0.6 is 7.44 Å². The molecule has 0 rings (SSSR count). The van der Waals surface area contributed by atoms with Gasteiger partial charge in [-0.05, 0) is 0 Å². The van der Waals surface area contributed by atoms with E-state index < -0.39 is 13.1 Å². The van der Waals surface area contributed by atoms with Crippen LogP contribution in [0.3, 0.4) is 0 Å². The van der Waals surface area contributed by atoms with Gasteiger partial charge in [0, 0.05) is 12.5 Å². The summed E-state index contributed by atoms with van der Waals surface area (Å²) in [6.07, 6.45) is 0. The zero-order chi connectivity index (χ0) is 11.4. The maximum absolute atomic E-state index is 11.1. The molecule has 6 nitrogen and oxygen atoms in total. The number of nitriles is 1. The topological polar surface area (TPSA) is 122 Å². The van der Waals surface area contributed by atoms with Gasteiger partial charge in [-0.2, -0.15) is 5.26 Å². The molecular formula is C7H15N4O2P. The van der Waals surface area contributed by atoms with Crippen molar-refractivity contribution in [2.24, 2.45) is 16.9 Å². The summed E-state index contributed by atoms with van der Waals surface area (Å²) in [6.45, 7) is 3.35. The lowest BCUT2D eigenvalue weighted by atomic mass is 10.2. The van der Waals surface area contributed by atoms with E-state index in [0.29, 0.717) is 0 Å². The van der Waals surface area contributed by atoms with E-state index in [0.717, 1.165) is 0 Å². The van der Waals surface area contributed by atoms with Gasteiger partial charge in [0.05, 0.1) is 6.07 Å². The Morgan fingerprint density at radius 1 is 1.57 bits per heavy atom. The van der Waals surface area contributed by atoms with Gasteiger partial charge in [0.2, 0.25) is 13.4 Å². The van der Waals surface area contributed by atoms with Gasteiger partial charge >= 0.3 is 0 Å². The molecule has 5 N–H and O–H groups in total. The summed E-state index contributed by atoms with van der Waals surface area (Å²) in [4.78, 5) is 11.1. The molecule has 0 aromatic carbocycles. The first-order valence-electron chi connectivity index (χ1n) is 4.13. The van der Waals surface area contributed by atoms with Crippen LogP contribution in [0, 0.1) is 17.2 Å². The Balaban J connectivity index is 4.20. The maximum Gasteiger partial charge on any atom is 0.224 e. The Morgan fingerprint density at radius 2 is 2.07 bits per heavy atom. The molecule has 0 aliphatic carbocycles. The molecule has 0 saturated heterocycles. The first kappa shape index (κ1) is 13.1. The second-order valence-corrected chi connectivity index (χ2v) is 5.46. The molecule has 0 fully saturated rings. The SMILES string of the molecule is CC(C)C(=O)NCC(C#N)P(N)(N)=O. The minimum Gasteiger partial charge on any atom is -0.354 e. The van der Waals surface area contributed by atoms with Crippen molar-refractivity contribution in [3.05, 3.63) is 0 Å². The monoisotopic (exact) mass is 218 g/mol. The molecule has 1 atom stereocenters. The number of hydrogen-bond acceptors (Lipinski definition) is 3. The van der Waals surface area contributed by atoms with Crippen molar-refractivity contribution >= 4 is 13.4 Å². The third-order valence-electron chi connectivity index (χ3n) is 1.63. The predicted molar refractivity (Wildman–Crippen MR) is 53.2 cm³/mol. The normalized spacial score (nSPS) is 13.4. The molecule has 0 spiro atoms. The summed E-state index contributed by atoms with van der Waals surface area (Å²) in [5.41, 5.74) is 9.20. The molecule has 0 aliphatic rings. The van der Waals surface area contributed by atoms with Gasteiger partial charge in [0.15, 0.2) is 0 Å². The molecule has 0 heterocycles. The van der Waals surface area contributed by atoms with Crippen LogP contribution in [0.4, 0.5) is 0 Å². The van der Waals surface area contributed by atoms with Gasteiger partial charge in [0.25, 0.3) is 0 Å². The Bertz CT molecular complexity index is 291. The number of nitrogens with zero attached hydrogens (tertiary/aromatic N) is 1. The van der Waals surface area contributed by atoms with Crippen LogP contribution in [0.2, 0.25) is 0 Å². The van der Waals surface area contributed by atoms with E-state index in [9.17, 15) is 9.36 Å². The van der Waals surface area contributed by atoms with E-state index in [-0.39, 0.29) is 18.4 Å². The third-order valence-corrected chi connectivity index (χ3v) is 2.90. The van der Waals surface area contributed by atoms with Crippen molar-refractivity contribution in [1.82, 2.24) is 5.32 Å². The molecule has 0 saturated carbocycles. The number of hydrogen-bond donors (Lipinski definition) is 3. The number of rotatable bonds is 4. The van der Waals surface area contributed by atoms with E-state index in [1.165, 1.54) is 0 Å². The Morgan fingerprint density at radius 3 is 2.36 bits per heavy atom. The summed E-state index contributed by atoms with van der Waals surface area (Å²) in [5, 5.41) is 11.0. The first-order valence-corrected chi connectivity index (χ1v) is 6.04. The fourth-order valence-electron chi connectivity index (χ4n) is 0.680. The van der Waals surface area contributed by atoms with Crippen LogP contribution in [0.15, 0.2) is 0 Å². The van der Waals surface area contributed by atoms with Crippen molar-refractivity contribution in [2.75, 3.05) is 6.54 Å². The van der Waals surface area contributed by atoms with Crippen LogP contribution in [-0.4, -0.2) is 18.1 Å². The zero-order valence-corrected chi connectivity index (χ0v) is 9.12. The quantitative estimate of drug-likeness (QED) is 0.562. The largest absolute Gasteiger partial charge is 0.354 e. The van der Waals surface area contributed by atoms with Gasteiger partial charge in [-0.1, -0.05) is 13.8 Å². The van der Waals surface area contributed by atoms with E-state index in [2.05, 4.69) is 5.32 Å². The van der Waals surface area contributed by atoms with Crippen LogP contribution in [0.25, 0.3) is 0 Å². The number of amides is 1. The van der Waals surface area contributed by atoms with Crippen LogP contribution < -0.4 is 16.3 Å². The van der Waals surface area contributed by atoms with Gasteiger partial charge in [0.1, 0.15) is 5.66 Å². The second kappa shape index (κ2) is 5.11. The van der Waals surface area contributed by atoms with Crippen molar-refractivity contribution in [3.8, 4) is 6.07 Å². The highest BCUT2D eigenvalue weighted by atomic mass is 31.2. The molecule has 0 aromatic rings. The van der Waals surface area contributed by atoms with Crippen molar-refractivity contribution < 1.29 is 9.36 Å². The lowest BCUT2D eigenvalue weighted by Gasteiger charge is -2.14. The number of carbonyl (C=O) groups excluding carboxylic acids is 1. The standard InChI is InChI=1S/C7H15N4O2P/c1-5(2)7(12)11-4-6(3-8)14(9,10)13/h5-6H,4H2,1-2H3,(H,11,12)(H4,9,10,13). The summed E-state index contributed by atoms with van der Waals surface area (Å²) in [5.74, 6) is -0.414. The summed E-state index contributed by atoms with van der Waals surface area (Å²) >= 11 is 0. The van der Waals surface area contributed by atoms with Crippen molar-refractivity contribution in [3.63, 3.8) is 0 Å². The van der Waals surface area contributed by atoms with Gasteiger partial charge in [-0.3, -0.25) is 20.4 Å². The maximum atomic E-state index is 11.1. The molecule has 7 heteroatoms. The Kier molecular flexibility index (Phi) is 4.78. The lowest BCUT2D eigenvalue weighted by molar-refractivity contribution is -0.123. The molecule has 1 unspecified atom stereocenters. The average Bonchev–Trinajstić information content (AvgIpc) is 2.02. The first-order chi connectivity index (χ1) is 6.29. The van der Waals surface area contributed by atoms with Gasteiger partial charge < -0.3 is 5.32 Å². The van der Waals surface area contributed by atoms with Gasteiger partial charge in [-0.25, -0.2) is 0 Å². The second-order valence-electron chi connectivity index (χ2n) is 3.31. The summed E-state index contributed by atoms with van der Waals surface area (Å²) < 4.78 is 11.1. The van der Waals surface area contributed by atoms with E-state index in [1.54, 1.807) is 19.9 Å². The smallest absolute Gasteiger partial charge is 0.224 e. The van der Waals surface area contributed by atoms with E-state index in [1.807, 2.05) is 0 Å². The van der Waals surface area contributed by atoms with Crippen molar-refractivity contribution in [1.29, 1.82) is 5.26 Å².